The van der Waals surface area contributed by atoms with Crippen LogP contribution in [-0.4, -0.2) is 12.0 Å². The van der Waals surface area contributed by atoms with E-state index in [2.05, 4.69) is 26.2 Å². The van der Waals surface area contributed by atoms with Gasteiger partial charge in [-0.25, -0.2) is 9.37 Å². The predicted molar refractivity (Wildman–Crippen MR) is 73.0 cm³/mol. The van der Waals surface area contributed by atoms with Crippen molar-refractivity contribution in [1.29, 1.82) is 0 Å². The van der Waals surface area contributed by atoms with Gasteiger partial charge in [-0.1, -0.05) is 11.6 Å². The lowest BCUT2D eigenvalue weighted by Gasteiger charge is -2.09. The zero-order valence-electron chi connectivity index (χ0n) is 9.38. The van der Waals surface area contributed by atoms with Crippen LogP contribution in [0.3, 0.4) is 0 Å². The Morgan fingerprint density at radius 3 is 2.89 bits per heavy atom. The van der Waals surface area contributed by atoms with Crippen LogP contribution in [0.2, 0.25) is 5.02 Å². The molecule has 1 N–H and O–H groups in total. The number of benzene rings is 1. The van der Waals surface area contributed by atoms with Gasteiger partial charge in [0.25, 0.3) is 0 Å². The maximum Gasteiger partial charge on any atom is 0.145 e. The van der Waals surface area contributed by atoms with Gasteiger partial charge in [-0.15, -0.1) is 0 Å². The molecular formula is C12H9BrClFN2O. The summed E-state index contributed by atoms with van der Waals surface area (Å²) >= 11 is 8.92. The van der Waals surface area contributed by atoms with E-state index in [9.17, 15) is 4.39 Å². The Morgan fingerprint density at radius 2 is 2.17 bits per heavy atom. The Kier molecular flexibility index (Phi) is 4.04. The van der Waals surface area contributed by atoms with Gasteiger partial charge in [0, 0.05) is 25.4 Å². The third kappa shape index (κ3) is 2.91. The van der Waals surface area contributed by atoms with Crippen molar-refractivity contribution in [2.45, 2.75) is 0 Å². The van der Waals surface area contributed by atoms with Gasteiger partial charge in [-0.2, -0.15) is 0 Å². The standard InChI is InChI=1S/C12H9BrClFN2O/c1-16-12-4-7(2-3-17-12)18-11-6-10(15)9(14)5-8(11)13/h2-6H,1H3,(H,16,17). The molecule has 0 saturated heterocycles. The number of aromatic nitrogens is 1. The largest absolute Gasteiger partial charge is 0.456 e. The number of hydrogen-bond donors (Lipinski definition) is 1. The summed E-state index contributed by atoms with van der Waals surface area (Å²) in [5.74, 6) is 1.04. The first-order valence-corrected chi connectivity index (χ1v) is 6.23. The number of nitrogens with one attached hydrogen (secondary N) is 1. The third-order valence-corrected chi connectivity index (χ3v) is 3.10. The summed E-state index contributed by atoms with van der Waals surface area (Å²) < 4.78 is 19.5. The molecule has 2 aromatic rings. The lowest BCUT2D eigenvalue weighted by molar-refractivity contribution is 0.473. The Morgan fingerprint density at radius 1 is 1.39 bits per heavy atom. The average molecular weight is 332 g/mol. The Bertz CT molecular complexity index is 580. The van der Waals surface area contributed by atoms with E-state index < -0.39 is 5.82 Å². The van der Waals surface area contributed by atoms with Crippen LogP contribution >= 0.6 is 27.5 Å². The van der Waals surface area contributed by atoms with Crippen LogP contribution < -0.4 is 10.1 Å². The van der Waals surface area contributed by atoms with Gasteiger partial charge in [0.1, 0.15) is 23.1 Å². The second-order valence-corrected chi connectivity index (χ2v) is 4.69. The van der Waals surface area contributed by atoms with E-state index in [1.165, 1.54) is 12.1 Å². The predicted octanol–water partition coefficient (Wildman–Crippen LogP) is 4.47. The molecule has 1 heterocycles. The maximum absolute atomic E-state index is 13.3. The van der Waals surface area contributed by atoms with Gasteiger partial charge in [-0.05, 0) is 28.1 Å². The molecular weight excluding hydrogens is 322 g/mol. The molecule has 0 aliphatic carbocycles. The second kappa shape index (κ2) is 5.54. The summed E-state index contributed by atoms with van der Waals surface area (Å²) in [4.78, 5) is 4.06. The molecule has 0 bridgehead atoms. The Balaban J connectivity index is 2.30. The van der Waals surface area contributed by atoms with Crippen LogP contribution in [0.15, 0.2) is 34.9 Å². The van der Waals surface area contributed by atoms with E-state index in [1.54, 1.807) is 25.4 Å². The smallest absolute Gasteiger partial charge is 0.145 e. The van der Waals surface area contributed by atoms with Crippen molar-refractivity contribution in [3.8, 4) is 11.5 Å². The molecule has 0 unspecified atom stereocenters. The van der Waals surface area contributed by atoms with Crippen molar-refractivity contribution in [3.05, 3.63) is 45.8 Å². The molecule has 0 atom stereocenters. The SMILES string of the molecule is CNc1cc(Oc2cc(F)c(Cl)cc2Br)ccn1. The molecule has 0 radical (unpaired) electrons. The minimum atomic E-state index is -0.530. The van der Waals surface area contributed by atoms with Crippen molar-refractivity contribution < 1.29 is 9.13 Å². The average Bonchev–Trinajstić information content (AvgIpc) is 2.36. The molecule has 94 valence electrons. The highest BCUT2D eigenvalue weighted by Crippen LogP contribution is 2.33. The quantitative estimate of drug-likeness (QED) is 0.843. The number of nitrogens with zero attached hydrogens (tertiary/aromatic N) is 1. The summed E-state index contributed by atoms with van der Waals surface area (Å²) in [6.07, 6.45) is 1.60. The first kappa shape index (κ1) is 13.1. The van der Waals surface area contributed by atoms with Crippen molar-refractivity contribution in [2.24, 2.45) is 0 Å². The molecule has 1 aromatic heterocycles. The molecule has 0 amide bonds. The monoisotopic (exact) mass is 330 g/mol. The van der Waals surface area contributed by atoms with Crippen LogP contribution in [0, 0.1) is 5.82 Å². The molecule has 1 aromatic carbocycles. The molecule has 0 saturated carbocycles. The fourth-order valence-corrected chi connectivity index (χ4v) is 2.04. The van der Waals surface area contributed by atoms with Gasteiger partial charge in [0.05, 0.1) is 9.50 Å². The van der Waals surface area contributed by atoms with Crippen LogP contribution in [0.1, 0.15) is 0 Å². The zero-order chi connectivity index (χ0) is 13.1. The van der Waals surface area contributed by atoms with E-state index in [0.29, 0.717) is 21.8 Å². The van der Waals surface area contributed by atoms with Gasteiger partial charge in [-0.3, -0.25) is 0 Å². The lowest BCUT2D eigenvalue weighted by Crippen LogP contribution is -1.93. The molecule has 6 heteroatoms. The van der Waals surface area contributed by atoms with Gasteiger partial charge < -0.3 is 10.1 Å². The number of ether oxygens (including phenoxy) is 1. The number of rotatable bonds is 3. The Labute approximate surface area is 117 Å². The highest BCUT2D eigenvalue weighted by Gasteiger charge is 2.09. The van der Waals surface area contributed by atoms with Gasteiger partial charge in [0.2, 0.25) is 0 Å². The Hall–Kier alpha value is -1.33. The number of pyridine rings is 1. The number of hydrogen-bond acceptors (Lipinski definition) is 3. The normalized spacial score (nSPS) is 10.2. The molecule has 3 nitrogen and oxygen atoms in total. The fourth-order valence-electron chi connectivity index (χ4n) is 1.32. The summed E-state index contributed by atoms with van der Waals surface area (Å²) in [6, 6.07) is 6.07. The third-order valence-electron chi connectivity index (χ3n) is 2.19. The van der Waals surface area contributed by atoms with Gasteiger partial charge >= 0.3 is 0 Å². The van der Waals surface area contributed by atoms with Crippen molar-refractivity contribution >= 4 is 33.3 Å². The van der Waals surface area contributed by atoms with Gasteiger partial charge in [0.15, 0.2) is 0 Å². The van der Waals surface area contributed by atoms with E-state index in [0.717, 1.165) is 0 Å². The van der Waals surface area contributed by atoms with Crippen LogP contribution in [0.25, 0.3) is 0 Å². The second-order valence-electron chi connectivity index (χ2n) is 3.43. The first-order valence-electron chi connectivity index (χ1n) is 5.06. The zero-order valence-corrected chi connectivity index (χ0v) is 11.7. The van der Waals surface area contributed by atoms with E-state index in [4.69, 9.17) is 16.3 Å². The van der Waals surface area contributed by atoms with Crippen molar-refractivity contribution in [3.63, 3.8) is 0 Å². The van der Waals surface area contributed by atoms with Crippen molar-refractivity contribution in [2.75, 3.05) is 12.4 Å². The van der Waals surface area contributed by atoms with Crippen LogP contribution in [-0.2, 0) is 0 Å². The van der Waals surface area contributed by atoms with E-state index >= 15 is 0 Å². The number of halogens is 3. The summed E-state index contributed by atoms with van der Waals surface area (Å²) in [5, 5.41) is 2.93. The molecule has 0 spiro atoms. The minimum Gasteiger partial charge on any atom is -0.456 e. The van der Waals surface area contributed by atoms with Crippen molar-refractivity contribution in [1.82, 2.24) is 4.98 Å². The summed E-state index contributed by atoms with van der Waals surface area (Å²) in [6.45, 7) is 0. The van der Waals surface area contributed by atoms with Crippen LogP contribution in [0.5, 0.6) is 11.5 Å². The lowest BCUT2D eigenvalue weighted by atomic mass is 10.3. The molecule has 2 rings (SSSR count). The fraction of sp³-hybridized carbons (Fsp3) is 0.0833. The molecule has 0 fully saturated rings. The van der Waals surface area contributed by atoms with E-state index in [-0.39, 0.29) is 5.02 Å². The van der Waals surface area contributed by atoms with Crippen LogP contribution in [0.4, 0.5) is 10.2 Å². The number of anilines is 1. The highest BCUT2D eigenvalue weighted by molar-refractivity contribution is 9.10. The minimum absolute atomic E-state index is 0.0415. The van der Waals surface area contributed by atoms with E-state index in [1.807, 2.05) is 0 Å². The summed E-state index contributed by atoms with van der Waals surface area (Å²) in [7, 11) is 1.75. The molecule has 0 aliphatic rings. The molecule has 0 aliphatic heterocycles. The maximum atomic E-state index is 13.3. The summed E-state index contributed by atoms with van der Waals surface area (Å²) in [5.41, 5.74) is 0. The molecule has 18 heavy (non-hydrogen) atoms. The first-order chi connectivity index (χ1) is 8.60. The topological polar surface area (TPSA) is 34.1 Å². The highest BCUT2D eigenvalue weighted by atomic mass is 79.9.